The molecule has 1 aliphatic rings. The van der Waals surface area contributed by atoms with Crippen LogP contribution in [0.3, 0.4) is 0 Å². The second kappa shape index (κ2) is 7.43. The zero-order valence-electron chi connectivity index (χ0n) is 15.0. The van der Waals surface area contributed by atoms with Gasteiger partial charge in [0.1, 0.15) is 17.5 Å². The maximum Gasteiger partial charge on any atom is 0.471 e. The van der Waals surface area contributed by atoms with Crippen molar-refractivity contribution in [3.05, 3.63) is 23.8 Å². The van der Waals surface area contributed by atoms with Crippen LogP contribution in [0.15, 0.2) is 18.2 Å². The molecule has 0 aliphatic carbocycles. The van der Waals surface area contributed by atoms with Crippen LogP contribution in [0.25, 0.3) is 0 Å². The molecular formula is C17H21F3N2O4. The van der Waals surface area contributed by atoms with Gasteiger partial charge in [-0.2, -0.15) is 13.2 Å². The van der Waals surface area contributed by atoms with Crippen LogP contribution in [0.4, 0.5) is 13.2 Å². The number of alkyl halides is 3. The second-order valence-corrected chi connectivity index (χ2v) is 6.13. The number of halogens is 3. The van der Waals surface area contributed by atoms with E-state index in [4.69, 9.17) is 9.47 Å². The van der Waals surface area contributed by atoms with Crippen molar-refractivity contribution in [2.24, 2.45) is 0 Å². The summed E-state index contributed by atoms with van der Waals surface area (Å²) in [4.78, 5) is 26.2. The quantitative estimate of drug-likeness (QED) is 0.811. The number of carbonyl (C=O) groups excluding carboxylic acids is 2. The number of nitrogens with zero attached hydrogens (tertiary/aromatic N) is 2. The Morgan fingerprint density at radius 1 is 1.23 bits per heavy atom. The van der Waals surface area contributed by atoms with E-state index in [2.05, 4.69) is 0 Å². The molecule has 6 nitrogen and oxygen atoms in total. The minimum absolute atomic E-state index is 0.000175. The standard InChI is InChI=1S/C17H21F3N2O4/c1-10-8-21(9-12-5-6-13(25-3)7-14(12)26-4)15(23)11(2)22(10)16(24)17(18,19)20/h5-7,10-11H,8-9H2,1-4H3/t10-,11+/m1/s1. The first kappa shape index (κ1) is 19.9. The van der Waals surface area contributed by atoms with Crippen LogP contribution >= 0.6 is 0 Å². The third kappa shape index (κ3) is 3.86. The number of methoxy groups -OCH3 is 2. The Labute approximate surface area is 149 Å². The highest BCUT2D eigenvalue weighted by Crippen LogP contribution is 2.29. The van der Waals surface area contributed by atoms with Gasteiger partial charge < -0.3 is 19.3 Å². The van der Waals surface area contributed by atoms with E-state index in [1.54, 1.807) is 18.2 Å². The van der Waals surface area contributed by atoms with E-state index >= 15 is 0 Å². The van der Waals surface area contributed by atoms with Crippen LogP contribution < -0.4 is 9.47 Å². The Balaban J connectivity index is 2.22. The third-order valence-corrected chi connectivity index (χ3v) is 4.38. The number of hydrogen-bond acceptors (Lipinski definition) is 4. The van der Waals surface area contributed by atoms with Gasteiger partial charge in [-0.25, -0.2) is 0 Å². The van der Waals surface area contributed by atoms with Gasteiger partial charge in [0, 0.05) is 30.8 Å². The number of ether oxygens (including phenoxy) is 2. The molecule has 1 heterocycles. The van der Waals surface area contributed by atoms with Gasteiger partial charge in [0.05, 0.1) is 14.2 Å². The van der Waals surface area contributed by atoms with Crippen molar-refractivity contribution in [3.63, 3.8) is 0 Å². The molecule has 1 aliphatic heterocycles. The molecule has 0 saturated carbocycles. The Kier molecular flexibility index (Phi) is 5.68. The van der Waals surface area contributed by atoms with E-state index in [0.29, 0.717) is 22.0 Å². The molecule has 0 N–H and O–H groups in total. The topological polar surface area (TPSA) is 59.1 Å². The molecule has 2 atom stereocenters. The van der Waals surface area contributed by atoms with E-state index in [1.807, 2.05) is 0 Å². The second-order valence-electron chi connectivity index (χ2n) is 6.13. The molecule has 1 fully saturated rings. The van der Waals surface area contributed by atoms with Crippen LogP contribution in [0.2, 0.25) is 0 Å². The smallest absolute Gasteiger partial charge is 0.471 e. The molecule has 144 valence electrons. The van der Waals surface area contributed by atoms with Crippen molar-refractivity contribution >= 4 is 11.8 Å². The van der Waals surface area contributed by atoms with E-state index in [-0.39, 0.29) is 13.1 Å². The summed E-state index contributed by atoms with van der Waals surface area (Å²) in [6, 6.07) is 3.14. The zero-order valence-corrected chi connectivity index (χ0v) is 15.0. The first-order valence-electron chi connectivity index (χ1n) is 7.99. The summed E-state index contributed by atoms with van der Waals surface area (Å²) in [6.07, 6.45) is -5.01. The lowest BCUT2D eigenvalue weighted by Gasteiger charge is -2.43. The lowest BCUT2D eigenvalue weighted by atomic mass is 10.1. The summed E-state index contributed by atoms with van der Waals surface area (Å²) in [7, 11) is 2.99. The minimum Gasteiger partial charge on any atom is -0.497 e. The first-order valence-corrected chi connectivity index (χ1v) is 7.99. The Morgan fingerprint density at radius 2 is 1.88 bits per heavy atom. The van der Waals surface area contributed by atoms with Crippen LogP contribution in [0, 0.1) is 0 Å². The maximum absolute atomic E-state index is 12.8. The first-order chi connectivity index (χ1) is 12.1. The van der Waals surface area contributed by atoms with Gasteiger partial charge in [-0.3, -0.25) is 9.59 Å². The molecule has 9 heteroatoms. The summed E-state index contributed by atoms with van der Waals surface area (Å²) in [5, 5.41) is 0. The number of carbonyl (C=O) groups is 2. The lowest BCUT2D eigenvalue weighted by molar-refractivity contribution is -0.194. The Bertz CT molecular complexity index is 693. The predicted molar refractivity (Wildman–Crippen MR) is 86.8 cm³/mol. The number of rotatable bonds is 4. The summed E-state index contributed by atoms with van der Waals surface area (Å²) < 4.78 is 48.7. The van der Waals surface area contributed by atoms with Gasteiger partial charge in [0.2, 0.25) is 5.91 Å². The highest BCUT2D eigenvalue weighted by molar-refractivity contribution is 5.91. The summed E-state index contributed by atoms with van der Waals surface area (Å²) in [5.41, 5.74) is 0.691. The monoisotopic (exact) mass is 374 g/mol. The van der Waals surface area contributed by atoms with Crippen LogP contribution in [-0.2, 0) is 16.1 Å². The van der Waals surface area contributed by atoms with Gasteiger partial charge in [-0.05, 0) is 26.0 Å². The lowest BCUT2D eigenvalue weighted by Crippen LogP contribution is -2.63. The molecular weight excluding hydrogens is 353 g/mol. The van der Waals surface area contributed by atoms with Crippen molar-refractivity contribution in [3.8, 4) is 11.5 Å². The van der Waals surface area contributed by atoms with Gasteiger partial charge >= 0.3 is 12.1 Å². The van der Waals surface area contributed by atoms with E-state index in [1.165, 1.54) is 33.0 Å². The molecule has 0 aromatic heterocycles. The Hall–Kier alpha value is -2.45. The van der Waals surface area contributed by atoms with E-state index in [9.17, 15) is 22.8 Å². The van der Waals surface area contributed by atoms with Crippen LogP contribution in [0.1, 0.15) is 19.4 Å². The normalized spacial score (nSPS) is 21.0. The molecule has 2 amide bonds. The molecule has 2 rings (SSSR count). The van der Waals surface area contributed by atoms with Crippen molar-refractivity contribution in [2.75, 3.05) is 20.8 Å². The van der Waals surface area contributed by atoms with Crippen molar-refractivity contribution in [2.45, 2.75) is 38.7 Å². The Morgan fingerprint density at radius 3 is 2.42 bits per heavy atom. The highest BCUT2D eigenvalue weighted by Gasteiger charge is 2.49. The SMILES string of the molecule is COc1ccc(CN2C[C@@H](C)N(C(=O)C(F)(F)F)[C@@H](C)C2=O)c(OC)c1. The van der Waals surface area contributed by atoms with Crippen molar-refractivity contribution in [1.82, 2.24) is 9.80 Å². The predicted octanol–water partition coefficient (Wildman–Crippen LogP) is 2.21. The molecule has 1 aromatic rings. The molecule has 26 heavy (non-hydrogen) atoms. The number of amides is 2. The fourth-order valence-corrected chi connectivity index (χ4v) is 3.11. The molecule has 1 saturated heterocycles. The summed E-state index contributed by atoms with van der Waals surface area (Å²) in [5.74, 6) is -1.45. The largest absolute Gasteiger partial charge is 0.497 e. The average Bonchev–Trinajstić information content (AvgIpc) is 2.58. The zero-order chi connectivity index (χ0) is 19.6. The van der Waals surface area contributed by atoms with Gasteiger partial charge in [-0.15, -0.1) is 0 Å². The summed E-state index contributed by atoms with van der Waals surface area (Å²) >= 11 is 0. The summed E-state index contributed by atoms with van der Waals surface area (Å²) in [6.45, 7) is 2.96. The van der Waals surface area contributed by atoms with Crippen molar-refractivity contribution < 1.29 is 32.2 Å². The number of piperazine rings is 1. The van der Waals surface area contributed by atoms with Crippen molar-refractivity contribution in [1.29, 1.82) is 0 Å². The highest BCUT2D eigenvalue weighted by atomic mass is 19.4. The maximum atomic E-state index is 12.8. The minimum atomic E-state index is -5.01. The van der Waals surface area contributed by atoms with Gasteiger partial charge in [0.25, 0.3) is 0 Å². The number of hydrogen-bond donors (Lipinski definition) is 0. The van der Waals surface area contributed by atoms with Gasteiger partial charge in [0.15, 0.2) is 0 Å². The molecule has 0 bridgehead atoms. The fraction of sp³-hybridized carbons (Fsp3) is 0.529. The molecule has 1 aromatic carbocycles. The van der Waals surface area contributed by atoms with E-state index < -0.39 is 30.1 Å². The third-order valence-electron chi connectivity index (χ3n) is 4.38. The molecule has 0 unspecified atom stereocenters. The average molecular weight is 374 g/mol. The van der Waals surface area contributed by atoms with Gasteiger partial charge in [-0.1, -0.05) is 0 Å². The molecule has 0 radical (unpaired) electrons. The van der Waals surface area contributed by atoms with Crippen LogP contribution in [-0.4, -0.2) is 60.6 Å². The molecule has 0 spiro atoms. The fourth-order valence-electron chi connectivity index (χ4n) is 3.11. The van der Waals surface area contributed by atoms with E-state index in [0.717, 1.165) is 0 Å². The van der Waals surface area contributed by atoms with Crippen LogP contribution in [0.5, 0.6) is 11.5 Å². The number of benzene rings is 1.